The van der Waals surface area contributed by atoms with Gasteiger partial charge in [0, 0.05) is 12.0 Å². The van der Waals surface area contributed by atoms with Gasteiger partial charge in [-0.15, -0.1) is 0 Å². The van der Waals surface area contributed by atoms with Crippen LogP contribution in [0.15, 0.2) is 6.07 Å². The second-order valence-corrected chi connectivity index (χ2v) is 5.25. The average Bonchev–Trinajstić information content (AvgIpc) is 2.55. The Balaban J connectivity index is 2.01. The predicted molar refractivity (Wildman–Crippen MR) is 71.9 cm³/mol. The molecule has 2 rings (SSSR count). The number of hydrogen-bond acceptors (Lipinski definition) is 3. The fourth-order valence-corrected chi connectivity index (χ4v) is 2.63. The molecule has 1 saturated carbocycles. The highest BCUT2D eigenvalue weighted by molar-refractivity contribution is 6.32. The van der Waals surface area contributed by atoms with E-state index in [1.54, 1.807) is 0 Å². The summed E-state index contributed by atoms with van der Waals surface area (Å²) in [5.41, 5.74) is 0. The molecule has 1 amide bonds. The van der Waals surface area contributed by atoms with Crippen molar-refractivity contribution < 1.29 is 4.79 Å². The number of carbonyl (C=O) groups is 1. The number of carbonyl (C=O) groups excluding carboxylic acids is 1. The molecular weight excluding hydrogens is 273 g/mol. The quantitative estimate of drug-likeness (QED) is 0.513. The molecule has 0 radical (unpaired) electrons. The summed E-state index contributed by atoms with van der Waals surface area (Å²) >= 11 is 11.4. The minimum absolute atomic E-state index is 0.00253. The number of halogens is 2. The Kier molecular flexibility index (Phi) is 4.78. The zero-order valence-corrected chi connectivity index (χ0v) is 11.5. The lowest BCUT2D eigenvalue weighted by atomic mass is 9.99. The van der Waals surface area contributed by atoms with Crippen molar-refractivity contribution in [2.24, 2.45) is 5.92 Å². The number of hydrogen-bond donors (Lipinski definition) is 1. The fraction of sp³-hybridized carbons (Fsp3) is 0.583. The van der Waals surface area contributed by atoms with Crippen LogP contribution in [0.3, 0.4) is 0 Å². The highest BCUT2D eigenvalue weighted by atomic mass is 35.5. The van der Waals surface area contributed by atoms with Gasteiger partial charge in [0.15, 0.2) is 0 Å². The molecule has 0 aliphatic heterocycles. The summed E-state index contributed by atoms with van der Waals surface area (Å²) in [6.07, 6.45) is 6.55. The third-order valence-electron chi connectivity index (χ3n) is 3.14. The Morgan fingerprint density at radius 2 is 1.83 bits per heavy atom. The standard InChI is InChI=1S/C12H15Cl2N3O/c13-9-7-10(17-12(14)15-9)16-11(18)8-5-3-1-2-4-6-8/h7-8H,1-6H2,(H,15,16,17,18). The van der Waals surface area contributed by atoms with Crippen LogP contribution in [0.2, 0.25) is 10.4 Å². The lowest BCUT2D eigenvalue weighted by Gasteiger charge is -2.13. The van der Waals surface area contributed by atoms with Crippen LogP contribution in [0.5, 0.6) is 0 Å². The van der Waals surface area contributed by atoms with Crippen LogP contribution < -0.4 is 5.32 Å². The summed E-state index contributed by atoms with van der Waals surface area (Å²) in [6.45, 7) is 0. The number of rotatable bonds is 2. The highest BCUT2D eigenvalue weighted by Crippen LogP contribution is 2.24. The van der Waals surface area contributed by atoms with Gasteiger partial charge in [-0.2, -0.15) is 0 Å². The van der Waals surface area contributed by atoms with Crippen LogP contribution in [0.25, 0.3) is 0 Å². The van der Waals surface area contributed by atoms with Crippen molar-refractivity contribution >= 4 is 34.9 Å². The minimum Gasteiger partial charge on any atom is -0.310 e. The van der Waals surface area contributed by atoms with Crippen molar-refractivity contribution in [3.8, 4) is 0 Å². The van der Waals surface area contributed by atoms with E-state index in [2.05, 4.69) is 15.3 Å². The van der Waals surface area contributed by atoms with E-state index in [0.717, 1.165) is 25.7 Å². The Morgan fingerprint density at radius 3 is 2.44 bits per heavy atom. The highest BCUT2D eigenvalue weighted by Gasteiger charge is 2.20. The largest absolute Gasteiger partial charge is 0.310 e. The van der Waals surface area contributed by atoms with E-state index < -0.39 is 0 Å². The summed E-state index contributed by atoms with van der Waals surface area (Å²) in [7, 11) is 0. The zero-order chi connectivity index (χ0) is 13.0. The summed E-state index contributed by atoms with van der Waals surface area (Å²) in [5, 5.41) is 3.03. The molecular formula is C12H15Cl2N3O. The number of anilines is 1. The van der Waals surface area contributed by atoms with E-state index in [9.17, 15) is 4.79 Å². The van der Waals surface area contributed by atoms with Gasteiger partial charge < -0.3 is 5.32 Å². The molecule has 0 atom stereocenters. The first kappa shape index (κ1) is 13.6. The first-order valence-corrected chi connectivity index (χ1v) is 6.91. The molecule has 0 saturated heterocycles. The molecule has 1 heterocycles. The maximum absolute atomic E-state index is 12.1. The monoisotopic (exact) mass is 287 g/mol. The summed E-state index contributed by atoms with van der Waals surface area (Å²) in [4.78, 5) is 19.8. The van der Waals surface area contributed by atoms with E-state index in [1.165, 1.54) is 18.9 Å². The molecule has 6 heteroatoms. The van der Waals surface area contributed by atoms with E-state index in [4.69, 9.17) is 23.2 Å². The molecule has 0 bridgehead atoms. The van der Waals surface area contributed by atoms with Crippen molar-refractivity contribution in [2.45, 2.75) is 38.5 Å². The predicted octanol–water partition coefficient (Wildman–Crippen LogP) is 3.69. The van der Waals surface area contributed by atoms with Crippen LogP contribution in [-0.2, 0) is 4.79 Å². The van der Waals surface area contributed by atoms with Gasteiger partial charge in [-0.25, -0.2) is 9.97 Å². The van der Waals surface area contributed by atoms with Gasteiger partial charge in [0.2, 0.25) is 11.2 Å². The Bertz CT molecular complexity index is 411. The lowest BCUT2D eigenvalue weighted by molar-refractivity contribution is -0.120. The zero-order valence-electron chi connectivity index (χ0n) is 9.96. The first-order chi connectivity index (χ1) is 8.65. The van der Waals surface area contributed by atoms with Crippen LogP contribution in [0.1, 0.15) is 38.5 Å². The van der Waals surface area contributed by atoms with E-state index in [1.807, 2.05) is 0 Å². The summed E-state index contributed by atoms with van der Waals surface area (Å²) < 4.78 is 0. The Hall–Kier alpha value is -0.870. The van der Waals surface area contributed by atoms with E-state index in [0.29, 0.717) is 5.82 Å². The molecule has 4 nitrogen and oxygen atoms in total. The molecule has 1 aromatic rings. The molecule has 0 unspecified atom stereocenters. The van der Waals surface area contributed by atoms with Crippen molar-refractivity contribution in [1.29, 1.82) is 0 Å². The van der Waals surface area contributed by atoms with Crippen LogP contribution in [0.4, 0.5) is 5.82 Å². The van der Waals surface area contributed by atoms with Crippen molar-refractivity contribution in [3.05, 3.63) is 16.5 Å². The Morgan fingerprint density at radius 1 is 1.17 bits per heavy atom. The maximum Gasteiger partial charge on any atom is 0.228 e. The Labute approximate surface area is 116 Å². The van der Waals surface area contributed by atoms with Gasteiger partial charge in [0.05, 0.1) is 0 Å². The molecule has 1 N–H and O–H groups in total. The van der Waals surface area contributed by atoms with Crippen molar-refractivity contribution in [1.82, 2.24) is 9.97 Å². The van der Waals surface area contributed by atoms with Crippen molar-refractivity contribution in [3.63, 3.8) is 0 Å². The van der Waals surface area contributed by atoms with Crippen molar-refractivity contribution in [2.75, 3.05) is 5.32 Å². The maximum atomic E-state index is 12.1. The lowest BCUT2D eigenvalue weighted by Crippen LogP contribution is -2.23. The van der Waals surface area contributed by atoms with Gasteiger partial charge in [0.25, 0.3) is 0 Å². The number of aromatic nitrogens is 2. The second-order valence-electron chi connectivity index (χ2n) is 4.52. The van der Waals surface area contributed by atoms with E-state index >= 15 is 0 Å². The fourth-order valence-electron chi connectivity index (χ4n) is 2.22. The van der Waals surface area contributed by atoms with Gasteiger partial charge in [-0.3, -0.25) is 4.79 Å². The SMILES string of the molecule is O=C(Nc1cc(Cl)nc(Cl)n1)C1CCCCCC1. The number of nitrogens with zero attached hydrogens (tertiary/aromatic N) is 2. The van der Waals surface area contributed by atoms with Gasteiger partial charge in [-0.1, -0.05) is 37.3 Å². The molecule has 98 valence electrons. The number of amides is 1. The van der Waals surface area contributed by atoms with Crippen LogP contribution in [0, 0.1) is 5.92 Å². The minimum atomic E-state index is 0.00253. The molecule has 1 aliphatic carbocycles. The third-order valence-corrected chi connectivity index (χ3v) is 3.51. The normalized spacial score (nSPS) is 17.2. The smallest absolute Gasteiger partial charge is 0.228 e. The topological polar surface area (TPSA) is 54.9 Å². The third kappa shape index (κ3) is 3.82. The van der Waals surface area contributed by atoms with Gasteiger partial charge in [-0.05, 0) is 24.4 Å². The summed E-state index contributed by atoms with van der Waals surface area (Å²) in [5.74, 6) is 0.442. The molecule has 1 fully saturated rings. The molecule has 1 aliphatic rings. The summed E-state index contributed by atoms with van der Waals surface area (Å²) in [6, 6.07) is 1.50. The van der Waals surface area contributed by atoms with Crippen LogP contribution >= 0.6 is 23.2 Å². The van der Waals surface area contributed by atoms with E-state index in [-0.39, 0.29) is 22.3 Å². The molecule has 1 aromatic heterocycles. The molecule has 18 heavy (non-hydrogen) atoms. The molecule has 0 spiro atoms. The number of nitrogens with one attached hydrogen (secondary N) is 1. The van der Waals surface area contributed by atoms with Gasteiger partial charge >= 0.3 is 0 Å². The first-order valence-electron chi connectivity index (χ1n) is 6.16. The second kappa shape index (κ2) is 6.34. The average molecular weight is 288 g/mol. The van der Waals surface area contributed by atoms with Crippen LogP contribution in [-0.4, -0.2) is 15.9 Å². The van der Waals surface area contributed by atoms with Gasteiger partial charge in [0.1, 0.15) is 11.0 Å². The molecule has 0 aromatic carbocycles.